The molecular formula is C19H18ClN3O4. The molecule has 0 saturated carbocycles. The molecule has 1 N–H and O–H groups in total. The van der Waals surface area contributed by atoms with Gasteiger partial charge in [0.15, 0.2) is 0 Å². The van der Waals surface area contributed by atoms with Gasteiger partial charge in [-0.1, -0.05) is 23.7 Å². The molecule has 1 aliphatic heterocycles. The van der Waals surface area contributed by atoms with Crippen LogP contribution in [0.15, 0.2) is 42.5 Å². The number of methoxy groups -OCH3 is 1. The van der Waals surface area contributed by atoms with Crippen LogP contribution in [0.2, 0.25) is 5.02 Å². The Morgan fingerprint density at radius 1 is 1.22 bits per heavy atom. The lowest BCUT2D eigenvalue weighted by molar-refractivity contribution is -0.121. The van der Waals surface area contributed by atoms with Crippen LogP contribution in [0.1, 0.15) is 10.4 Å². The van der Waals surface area contributed by atoms with Crippen molar-refractivity contribution < 1.29 is 19.1 Å². The fourth-order valence-corrected chi connectivity index (χ4v) is 3.05. The summed E-state index contributed by atoms with van der Waals surface area (Å²) in [5, 5.41) is 3.14. The fraction of sp³-hybridized carbons (Fsp3) is 0.211. The molecule has 2 aromatic rings. The first-order valence-electron chi connectivity index (χ1n) is 8.19. The average molecular weight is 388 g/mol. The third-order valence-corrected chi connectivity index (χ3v) is 4.42. The van der Waals surface area contributed by atoms with Gasteiger partial charge in [0.2, 0.25) is 11.8 Å². The Bertz CT molecular complexity index is 916. The molecule has 0 aliphatic carbocycles. The van der Waals surface area contributed by atoms with Crippen molar-refractivity contribution in [3.8, 4) is 5.75 Å². The minimum Gasteiger partial charge on any atom is -0.495 e. The number of rotatable bonds is 4. The lowest BCUT2D eigenvalue weighted by Gasteiger charge is -2.22. The summed E-state index contributed by atoms with van der Waals surface area (Å²) in [6.45, 7) is -0.353. The summed E-state index contributed by atoms with van der Waals surface area (Å²) in [6.07, 6.45) is 0. The summed E-state index contributed by atoms with van der Waals surface area (Å²) in [7, 11) is 3.03. The molecule has 8 heteroatoms. The van der Waals surface area contributed by atoms with Gasteiger partial charge in [0.1, 0.15) is 18.8 Å². The Hall–Kier alpha value is -3.06. The number of hydrogen-bond donors (Lipinski definition) is 1. The quantitative estimate of drug-likeness (QED) is 0.873. The van der Waals surface area contributed by atoms with Crippen molar-refractivity contribution in [3.63, 3.8) is 0 Å². The predicted molar refractivity (Wildman–Crippen MR) is 102 cm³/mol. The topological polar surface area (TPSA) is 79.0 Å². The Labute approximate surface area is 161 Å². The Morgan fingerprint density at radius 2 is 1.96 bits per heavy atom. The predicted octanol–water partition coefficient (Wildman–Crippen LogP) is 2.41. The van der Waals surface area contributed by atoms with E-state index in [0.717, 1.165) is 0 Å². The minimum absolute atomic E-state index is 0.110. The van der Waals surface area contributed by atoms with Gasteiger partial charge < -0.3 is 19.9 Å². The van der Waals surface area contributed by atoms with Gasteiger partial charge in [0.25, 0.3) is 5.91 Å². The maximum Gasteiger partial charge on any atom is 0.256 e. The SMILES string of the molecule is COc1ccc(Cl)cc1NC(=O)CN1C(=O)CN(C)C(=O)c2ccccc21. The molecule has 7 nitrogen and oxygen atoms in total. The number of anilines is 2. The van der Waals surface area contributed by atoms with Gasteiger partial charge in [-0.2, -0.15) is 0 Å². The number of carbonyl (C=O) groups excluding carboxylic acids is 3. The number of amides is 3. The monoisotopic (exact) mass is 387 g/mol. The molecule has 1 heterocycles. The largest absolute Gasteiger partial charge is 0.495 e. The van der Waals surface area contributed by atoms with E-state index in [1.165, 1.54) is 16.9 Å². The second-order valence-electron chi connectivity index (χ2n) is 6.05. The van der Waals surface area contributed by atoms with E-state index in [1.54, 1.807) is 49.5 Å². The summed E-state index contributed by atoms with van der Waals surface area (Å²) < 4.78 is 5.21. The highest BCUT2D eigenvalue weighted by Gasteiger charge is 2.30. The van der Waals surface area contributed by atoms with Crippen molar-refractivity contribution >= 4 is 40.7 Å². The molecule has 0 fully saturated rings. The number of nitrogens with zero attached hydrogens (tertiary/aromatic N) is 2. The van der Waals surface area contributed by atoms with Crippen molar-refractivity contribution in [1.82, 2.24) is 4.90 Å². The van der Waals surface area contributed by atoms with E-state index < -0.39 is 5.91 Å². The highest BCUT2D eigenvalue weighted by Crippen LogP contribution is 2.28. The zero-order valence-electron chi connectivity index (χ0n) is 14.9. The fourth-order valence-electron chi connectivity index (χ4n) is 2.87. The Morgan fingerprint density at radius 3 is 2.70 bits per heavy atom. The molecule has 0 saturated heterocycles. The van der Waals surface area contributed by atoms with E-state index in [4.69, 9.17) is 16.3 Å². The molecule has 0 spiro atoms. The van der Waals surface area contributed by atoms with E-state index in [2.05, 4.69) is 5.32 Å². The van der Waals surface area contributed by atoms with Gasteiger partial charge in [0, 0.05) is 12.1 Å². The summed E-state index contributed by atoms with van der Waals surface area (Å²) in [5.41, 5.74) is 1.18. The van der Waals surface area contributed by atoms with Gasteiger partial charge in [-0.25, -0.2) is 0 Å². The zero-order chi connectivity index (χ0) is 19.6. The van der Waals surface area contributed by atoms with Gasteiger partial charge >= 0.3 is 0 Å². The second-order valence-corrected chi connectivity index (χ2v) is 6.49. The van der Waals surface area contributed by atoms with Crippen molar-refractivity contribution in [3.05, 3.63) is 53.1 Å². The van der Waals surface area contributed by atoms with E-state index in [9.17, 15) is 14.4 Å². The van der Waals surface area contributed by atoms with Crippen LogP contribution in [-0.2, 0) is 9.59 Å². The number of likely N-dealkylation sites (N-methyl/N-ethyl adjacent to an activating group) is 1. The van der Waals surface area contributed by atoms with Crippen LogP contribution in [0.25, 0.3) is 0 Å². The smallest absolute Gasteiger partial charge is 0.256 e. The standard InChI is InChI=1S/C19H18ClN3O4/c1-22-11-18(25)23(15-6-4-3-5-13(15)19(22)26)10-17(24)21-14-9-12(20)7-8-16(14)27-2/h3-9H,10-11H2,1-2H3,(H,21,24). The maximum absolute atomic E-state index is 12.6. The Kier molecular flexibility index (Phi) is 5.32. The summed E-state index contributed by atoms with van der Waals surface area (Å²) in [5.74, 6) is -0.594. The third kappa shape index (κ3) is 3.88. The molecule has 3 rings (SSSR count). The van der Waals surface area contributed by atoms with Crippen LogP contribution in [0.4, 0.5) is 11.4 Å². The molecule has 1 aliphatic rings. The normalized spacial score (nSPS) is 13.9. The number of carbonyl (C=O) groups is 3. The van der Waals surface area contributed by atoms with Crippen LogP contribution >= 0.6 is 11.6 Å². The highest BCUT2D eigenvalue weighted by atomic mass is 35.5. The molecule has 140 valence electrons. The van der Waals surface area contributed by atoms with E-state index in [0.29, 0.717) is 27.7 Å². The van der Waals surface area contributed by atoms with Gasteiger partial charge in [0.05, 0.1) is 24.0 Å². The number of para-hydroxylation sites is 1. The van der Waals surface area contributed by atoms with Crippen LogP contribution < -0.4 is 15.0 Å². The maximum atomic E-state index is 12.6. The first-order chi connectivity index (χ1) is 12.9. The molecule has 0 aromatic heterocycles. The number of nitrogens with one attached hydrogen (secondary N) is 1. The van der Waals surface area contributed by atoms with E-state index in [1.807, 2.05) is 0 Å². The molecule has 3 amide bonds. The molecule has 2 aromatic carbocycles. The summed E-state index contributed by atoms with van der Waals surface area (Å²) >= 11 is 5.98. The Balaban J connectivity index is 1.87. The van der Waals surface area contributed by atoms with Crippen LogP contribution in [0.3, 0.4) is 0 Å². The van der Waals surface area contributed by atoms with E-state index in [-0.39, 0.29) is 24.9 Å². The molecule has 0 atom stereocenters. The molecule has 0 bridgehead atoms. The van der Waals surface area contributed by atoms with Gasteiger partial charge in [-0.3, -0.25) is 14.4 Å². The number of ether oxygens (including phenoxy) is 1. The van der Waals surface area contributed by atoms with Crippen molar-refractivity contribution in [1.29, 1.82) is 0 Å². The zero-order valence-corrected chi connectivity index (χ0v) is 15.6. The van der Waals surface area contributed by atoms with Crippen LogP contribution in [-0.4, -0.2) is 49.9 Å². The van der Waals surface area contributed by atoms with Gasteiger partial charge in [-0.15, -0.1) is 0 Å². The van der Waals surface area contributed by atoms with Crippen LogP contribution in [0.5, 0.6) is 5.75 Å². The average Bonchev–Trinajstić information content (AvgIpc) is 2.73. The summed E-state index contributed by atoms with van der Waals surface area (Å²) in [4.78, 5) is 40.3. The lowest BCUT2D eigenvalue weighted by atomic mass is 10.1. The number of benzene rings is 2. The van der Waals surface area contributed by atoms with Crippen molar-refractivity contribution in [2.75, 3.05) is 37.5 Å². The second kappa shape index (κ2) is 7.67. The first kappa shape index (κ1) is 18.7. The van der Waals surface area contributed by atoms with E-state index >= 15 is 0 Å². The molecule has 0 radical (unpaired) electrons. The van der Waals surface area contributed by atoms with Crippen molar-refractivity contribution in [2.24, 2.45) is 0 Å². The number of fused-ring (bicyclic) bond motifs is 1. The third-order valence-electron chi connectivity index (χ3n) is 4.18. The van der Waals surface area contributed by atoms with Crippen molar-refractivity contribution in [2.45, 2.75) is 0 Å². The minimum atomic E-state index is -0.435. The molecule has 0 unspecified atom stereocenters. The van der Waals surface area contributed by atoms with Crippen LogP contribution in [0, 0.1) is 0 Å². The first-order valence-corrected chi connectivity index (χ1v) is 8.56. The highest BCUT2D eigenvalue weighted by molar-refractivity contribution is 6.31. The molecule has 27 heavy (non-hydrogen) atoms. The number of halogens is 1. The molecular weight excluding hydrogens is 370 g/mol. The number of hydrogen-bond acceptors (Lipinski definition) is 4. The lowest BCUT2D eigenvalue weighted by Crippen LogP contribution is -2.41. The van der Waals surface area contributed by atoms with Gasteiger partial charge in [-0.05, 0) is 30.3 Å². The summed E-state index contributed by atoms with van der Waals surface area (Å²) in [6, 6.07) is 11.6.